The quantitative estimate of drug-likeness (QED) is 0.881. The molecule has 0 spiro atoms. The van der Waals surface area contributed by atoms with Gasteiger partial charge in [-0.25, -0.2) is 4.39 Å². The van der Waals surface area contributed by atoms with E-state index in [2.05, 4.69) is 5.32 Å². The molecule has 0 aliphatic carbocycles. The number of methoxy groups -OCH3 is 1. The smallest absolute Gasteiger partial charge is 0.172 e. The van der Waals surface area contributed by atoms with E-state index in [-0.39, 0.29) is 11.6 Å². The lowest BCUT2D eigenvalue weighted by molar-refractivity contribution is 0.287. The maximum atomic E-state index is 14.8. The second-order valence-electron chi connectivity index (χ2n) is 5.83. The van der Waals surface area contributed by atoms with Crippen molar-refractivity contribution in [2.45, 2.75) is 31.9 Å². The van der Waals surface area contributed by atoms with Crippen molar-refractivity contribution in [2.24, 2.45) is 0 Å². The summed E-state index contributed by atoms with van der Waals surface area (Å²) in [5.41, 5.74) is 1.61. The van der Waals surface area contributed by atoms with Crippen molar-refractivity contribution in [2.75, 3.05) is 13.7 Å². The van der Waals surface area contributed by atoms with E-state index in [1.165, 1.54) is 0 Å². The summed E-state index contributed by atoms with van der Waals surface area (Å²) < 4.78 is 25.9. The molecule has 2 aromatic rings. The van der Waals surface area contributed by atoms with E-state index in [9.17, 15) is 4.39 Å². The van der Waals surface area contributed by atoms with Crippen molar-refractivity contribution in [3.8, 4) is 11.5 Å². The van der Waals surface area contributed by atoms with Crippen LogP contribution in [0.2, 0.25) is 0 Å². The summed E-state index contributed by atoms with van der Waals surface area (Å²) in [5, 5.41) is 3.40. The predicted molar refractivity (Wildman–Crippen MR) is 88.5 cm³/mol. The fourth-order valence-electron chi connectivity index (χ4n) is 2.99. The Morgan fingerprint density at radius 1 is 1.13 bits per heavy atom. The molecule has 1 saturated heterocycles. The van der Waals surface area contributed by atoms with Crippen molar-refractivity contribution < 1.29 is 13.9 Å². The monoisotopic (exact) mass is 315 g/mol. The highest BCUT2D eigenvalue weighted by Crippen LogP contribution is 2.31. The maximum absolute atomic E-state index is 14.8. The van der Waals surface area contributed by atoms with Gasteiger partial charge in [0.05, 0.1) is 7.11 Å². The molecule has 2 aromatic carbocycles. The van der Waals surface area contributed by atoms with Crippen molar-refractivity contribution >= 4 is 0 Å². The van der Waals surface area contributed by atoms with Crippen LogP contribution in [0, 0.1) is 5.82 Å². The van der Waals surface area contributed by atoms with Crippen LogP contribution >= 0.6 is 0 Å². The fourth-order valence-corrected chi connectivity index (χ4v) is 2.99. The number of hydrogen-bond acceptors (Lipinski definition) is 3. The van der Waals surface area contributed by atoms with E-state index in [0.717, 1.165) is 24.9 Å². The molecule has 0 amide bonds. The molecule has 0 aromatic heterocycles. The number of benzene rings is 2. The van der Waals surface area contributed by atoms with E-state index in [4.69, 9.17) is 9.47 Å². The van der Waals surface area contributed by atoms with Crippen molar-refractivity contribution in [3.63, 3.8) is 0 Å². The summed E-state index contributed by atoms with van der Waals surface area (Å²) in [4.78, 5) is 0. The van der Waals surface area contributed by atoms with Gasteiger partial charge in [0, 0.05) is 11.6 Å². The average molecular weight is 315 g/mol. The van der Waals surface area contributed by atoms with Gasteiger partial charge >= 0.3 is 0 Å². The molecule has 1 N–H and O–H groups in total. The summed E-state index contributed by atoms with van der Waals surface area (Å²) in [6.45, 7) is 1.35. The van der Waals surface area contributed by atoms with Crippen molar-refractivity contribution in [1.82, 2.24) is 5.32 Å². The highest BCUT2D eigenvalue weighted by molar-refractivity contribution is 5.42. The summed E-state index contributed by atoms with van der Waals surface area (Å²) in [6, 6.07) is 13.5. The molecule has 1 aliphatic heterocycles. The number of halogens is 1. The maximum Gasteiger partial charge on any atom is 0.172 e. The number of nitrogens with one attached hydrogen (secondary N) is 1. The fraction of sp³-hybridized carbons (Fsp3) is 0.368. The van der Waals surface area contributed by atoms with Crippen LogP contribution in [0.15, 0.2) is 42.5 Å². The Balaban J connectivity index is 1.77. The van der Waals surface area contributed by atoms with Crippen LogP contribution in [0.4, 0.5) is 4.39 Å². The molecule has 1 fully saturated rings. The largest absolute Gasteiger partial charge is 0.496 e. The standard InChI is InChI=1S/C19H22FNO2/c1-22-17-9-10-18(23-13-14-6-3-2-4-7-14)19(20)16(17)12-15-8-5-11-21-15/h2-4,6-7,9-10,15,21H,5,8,11-13H2,1H3. The molecule has 0 saturated carbocycles. The van der Waals surface area contributed by atoms with Crippen LogP contribution in [-0.2, 0) is 13.0 Å². The first-order valence-corrected chi connectivity index (χ1v) is 8.03. The molecule has 0 bridgehead atoms. The lowest BCUT2D eigenvalue weighted by Crippen LogP contribution is -2.24. The molecule has 1 aliphatic rings. The van der Waals surface area contributed by atoms with Gasteiger partial charge in [0.15, 0.2) is 11.6 Å². The van der Waals surface area contributed by atoms with Crippen LogP contribution in [0.5, 0.6) is 11.5 Å². The molecule has 3 rings (SSSR count). The lowest BCUT2D eigenvalue weighted by Gasteiger charge is -2.17. The van der Waals surface area contributed by atoms with Gasteiger partial charge < -0.3 is 14.8 Å². The third kappa shape index (κ3) is 3.82. The second-order valence-corrected chi connectivity index (χ2v) is 5.83. The summed E-state index contributed by atoms with van der Waals surface area (Å²) in [5.74, 6) is 0.555. The normalized spacial score (nSPS) is 17.2. The Morgan fingerprint density at radius 3 is 2.61 bits per heavy atom. The molecular formula is C19H22FNO2. The highest BCUT2D eigenvalue weighted by Gasteiger charge is 2.21. The van der Waals surface area contributed by atoms with Gasteiger partial charge in [0.1, 0.15) is 12.4 Å². The topological polar surface area (TPSA) is 30.5 Å². The van der Waals surface area contributed by atoms with E-state index in [1.807, 2.05) is 30.3 Å². The van der Waals surface area contributed by atoms with Gasteiger partial charge in [-0.3, -0.25) is 0 Å². The third-order valence-corrected chi connectivity index (χ3v) is 4.23. The van der Waals surface area contributed by atoms with Crippen molar-refractivity contribution in [3.05, 3.63) is 59.4 Å². The van der Waals surface area contributed by atoms with Gasteiger partial charge in [-0.15, -0.1) is 0 Å². The summed E-state index contributed by atoms with van der Waals surface area (Å²) in [6.07, 6.45) is 2.83. The zero-order chi connectivity index (χ0) is 16.1. The predicted octanol–water partition coefficient (Wildman–Crippen LogP) is 3.71. The van der Waals surface area contributed by atoms with E-state index < -0.39 is 0 Å². The molecule has 3 nitrogen and oxygen atoms in total. The molecule has 1 atom stereocenters. The first kappa shape index (κ1) is 15.8. The van der Waals surface area contributed by atoms with E-state index in [0.29, 0.717) is 30.4 Å². The minimum Gasteiger partial charge on any atom is -0.496 e. The minimum atomic E-state index is -0.311. The molecule has 1 unspecified atom stereocenters. The van der Waals surface area contributed by atoms with Gasteiger partial charge in [0.2, 0.25) is 0 Å². The molecule has 4 heteroatoms. The zero-order valence-electron chi connectivity index (χ0n) is 13.3. The number of hydrogen-bond donors (Lipinski definition) is 1. The Hall–Kier alpha value is -2.07. The molecule has 0 radical (unpaired) electrons. The van der Waals surface area contributed by atoms with Gasteiger partial charge in [-0.2, -0.15) is 0 Å². The van der Waals surface area contributed by atoms with Crippen LogP contribution in [0.1, 0.15) is 24.0 Å². The molecular weight excluding hydrogens is 293 g/mol. The van der Waals surface area contributed by atoms with Gasteiger partial charge in [-0.05, 0) is 43.5 Å². The molecule has 1 heterocycles. The van der Waals surface area contributed by atoms with Crippen LogP contribution in [0.3, 0.4) is 0 Å². The summed E-state index contributed by atoms with van der Waals surface area (Å²) >= 11 is 0. The minimum absolute atomic E-state index is 0.280. The second kappa shape index (κ2) is 7.47. The van der Waals surface area contributed by atoms with E-state index >= 15 is 0 Å². The Labute approximate surface area is 136 Å². The van der Waals surface area contributed by atoms with Gasteiger partial charge in [-0.1, -0.05) is 30.3 Å². The highest BCUT2D eigenvalue weighted by atomic mass is 19.1. The Kier molecular flexibility index (Phi) is 5.13. The average Bonchev–Trinajstić information content (AvgIpc) is 3.10. The number of rotatable bonds is 6. The molecule has 122 valence electrons. The molecule has 23 heavy (non-hydrogen) atoms. The lowest BCUT2D eigenvalue weighted by atomic mass is 10.0. The van der Waals surface area contributed by atoms with Crippen LogP contribution in [-0.4, -0.2) is 19.7 Å². The van der Waals surface area contributed by atoms with Crippen LogP contribution in [0.25, 0.3) is 0 Å². The van der Waals surface area contributed by atoms with Crippen LogP contribution < -0.4 is 14.8 Å². The zero-order valence-corrected chi connectivity index (χ0v) is 13.3. The Bertz CT molecular complexity index is 639. The number of ether oxygens (including phenoxy) is 2. The SMILES string of the molecule is COc1ccc(OCc2ccccc2)c(F)c1CC1CCCN1. The first-order chi connectivity index (χ1) is 11.3. The third-order valence-electron chi connectivity index (χ3n) is 4.23. The van der Waals surface area contributed by atoms with E-state index in [1.54, 1.807) is 19.2 Å². The Morgan fingerprint density at radius 2 is 1.91 bits per heavy atom. The first-order valence-electron chi connectivity index (χ1n) is 8.03. The van der Waals surface area contributed by atoms with Gasteiger partial charge in [0.25, 0.3) is 0 Å². The van der Waals surface area contributed by atoms with Crippen molar-refractivity contribution in [1.29, 1.82) is 0 Å². The summed E-state index contributed by atoms with van der Waals surface area (Å²) in [7, 11) is 1.57.